The number of ketones is 1. The van der Waals surface area contributed by atoms with Gasteiger partial charge in [-0.25, -0.2) is 8.78 Å². The van der Waals surface area contributed by atoms with Gasteiger partial charge < -0.3 is 10.1 Å². The number of benzene rings is 1. The van der Waals surface area contributed by atoms with Gasteiger partial charge in [-0.05, 0) is 25.1 Å². The monoisotopic (exact) mass is 299 g/mol. The Hall–Kier alpha value is -1.82. The lowest BCUT2D eigenvalue weighted by molar-refractivity contribution is -0.143. The van der Waals surface area contributed by atoms with Crippen molar-refractivity contribution in [2.24, 2.45) is 0 Å². The lowest BCUT2D eigenvalue weighted by Gasteiger charge is -2.19. The molecule has 0 heterocycles. The normalized spacial score (nSPS) is 12.3. The van der Waals surface area contributed by atoms with Crippen LogP contribution in [-0.2, 0) is 9.53 Å². The van der Waals surface area contributed by atoms with Gasteiger partial charge in [0.1, 0.15) is 11.6 Å². The molecule has 116 valence electrons. The van der Waals surface area contributed by atoms with E-state index in [1.165, 1.54) is 0 Å². The SMILES string of the molecule is CCOC(=O)CC(NC(C)C)C(=O)c1cc(F)ccc1F. The number of carbonyl (C=O) groups is 2. The Labute approximate surface area is 122 Å². The Morgan fingerprint density at radius 3 is 2.52 bits per heavy atom. The number of rotatable bonds is 7. The summed E-state index contributed by atoms with van der Waals surface area (Å²) < 4.78 is 31.7. The quantitative estimate of drug-likeness (QED) is 0.621. The second-order valence-corrected chi connectivity index (χ2v) is 4.87. The first-order valence-electron chi connectivity index (χ1n) is 6.76. The van der Waals surface area contributed by atoms with Crippen molar-refractivity contribution in [3.63, 3.8) is 0 Å². The molecule has 0 bridgehead atoms. The number of esters is 1. The molecule has 1 aromatic rings. The van der Waals surface area contributed by atoms with Crippen molar-refractivity contribution in [1.29, 1.82) is 0 Å². The molecule has 1 N–H and O–H groups in total. The van der Waals surface area contributed by atoms with Gasteiger partial charge in [0.05, 0.1) is 24.6 Å². The third-order valence-corrected chi connectivity index (χ3v) is 2.72. The fourth-order valence-electron chi connectivity index (χ4n) is 1.89. The Balaban J connectivity index is 2.98. The highest BCUT2D eigenvalue weighted by molar-refractivity contribution is 6.02. The van der Waals surface area contributed by atoms with E-state index in [1.807, 2.05) is 0 Å². The summed E-state index contributed by atoms with van der Waals surface area (Å²) in [6, 6.07) is 1.59. The van der Waals surface area contributed by atoms with Gasteiger partial charge in [-0.3, -0.25) is 9.59 Å². The minimum absolute atomic E-state index is 0.106. The topological polar surface area (TPSA) is 55.4 Å². The van der Waals surface area contributed by atoms with Crippen molar-refractivity contribution in [1.82, 2.24) is 5.32 Å². The van der Waals surface area contributed by atoms with Crippen molar-refractivity contribution in [3.05, 3.63) is 35.4 Å². The van der Waals surface area contributed by atoms with Crippen molar-refractivity contribution >= 4 is 11.8 Å². The summed E-state index contributed by atoms with van der Waals surface area (Å²) in [5.74, 6) is -2.77. The van der Waals surface area contributed by atoms with Gasteiger partial charge in [-0.2, -0.15) is 0 Å². The molecule has 0 aliphatic heterocycles. The molecule has 0 saturated heterocycles. The standard InChI is InChI=1S/C15H19F2NO3/c1-4-21-14(19)8-13(18-9(2)3)15(20)11-7-10(16)5-6-12(11)17/h5-7,9,13,18H,4,8H2,1-3H3. The number of ether oxygens (including phenoxy) is 1. The van der Waals surface area contributed by atoms with Crippen molar-refractivity contribution < 1.29 is 23.1 Å². The van der Waals surface area contributed by atoms with Crippen LogP contribution >= 0.6 is 0 Å². The summed E-state index contributed by atoms with van der Waals surface area (Å²) in [6.07, 6.45) is -0.235. The van der Waals surface area contributed by atoms with Gasteiger partial charge in [0.2, 0.25) is 0 Å². The van der Waals surface area contributed by atoms with Crippen molar-refractivity contribution in [2.75, 3.05) is 6.61 Å². The minimum Gasteiger partial charge on any atom is -0.466 e. The number of carbonyl (C=O) groups excluding carboxylic acids is 2. The predicted molar refractivity (Wildman–Crippen MR) is 74.0 cm³/mol. The molecule has 0 spiro atoms. The first-order valence-corrected chi connectivity index (χ1v) is 6.76. The fraction of sp³-hybridized carbons (Fsp3) is 0.467. The molecule has 1 unspecified atom stereocenters. The van der Waals surface area contributed by atoms with Gasteiger partial charge in [0, 0.05) is 6.04 Å². The van der Waals surface area contributed by atoms with Gasteiger partial charge in [-0.1, -0.05) is 13.8 Å². The van der Waals surface area contributed by atoms with E-state index in [4.69, 9.17) is 4.74 Å². The molecule has 4 nitrogen and oxygen atoms in total. The maximum Gasteiger partial charge on any atom is 0.307 e. The van der Waals surface area contributed by atoms with Crippen LogP contribution < -0.4 is 5.32 Å². The first-order chi connectivity index (χ1) is 9.85. The highest BCUT2D eigenvalue weighted by Gasteiger charge is 2.26. The number of halogens is 2. The second kappa shape index (κ2) is 7.83. The average Bonchev–Trinajstić information content (AvgIpc) is 2.39. The largest absolute Gasteiger partial charge is 0.466 e. The average molecular weight is 299 g/mol. The van der Waals surface area contributed by atoms with Gasteiger partial charge in [0.15, 0.2) is 5.78 Å². The molecule has 0 aliphatic rings. The fourth-order valence-corrected chi connectivity index (χ4v) is 1.89. The lowest BCUT2D eigenvalue weighted by atomic mass is 10.00. The van der Waals surface area contributed by atoms with E-state index in [2.05, 4.69) is 5.32 Å². The molecule has 1 aromatic carbocycles. The molecule has 0 radical (unpaired) electrons. The van der Waals surface area contributed by atoms with E-state index in [1.54, 1.807) is 20.8 Å². The summed E-state index contributed by atoms with van der Waals surface area (Å²) in [4.78, 5) is 23.9. The molecule has 0 fully saturated rings. The van der Waals surface area contributed by atoms with Crippen LogP contribution in [0.2, 0.25) is 0 Å². The second-order valence-electron chi connectivity index (χ2n) is 4.87. The zero-order chi connectivity index (χ0) is 16.0. The molecule has 0 saturated carbocycles. The third kappa shape index (κ3) is 5.23. The molecule has 21 heavy (non-hydrogen) atoms. The molecule has 1 atom stereocenters. The molecule has 0 aromatic heterocycles. The number of hydrogen-bond donors (Lipinski definition) is 1. The van der Waals surface area contributed by atoms with Crippen LogP contribution in [0.1, 0.15) is 37.6 Å². The maximum atomic E-state index is 13.7. The van der Waals surface area contributed by atoms with Crippen LogP contribution in [0.25, 0.3) is 0 Å². The summed E-state index contributed by atoms with van der Waals surface area (Å²) in [5.41, 5.74) is -0.377. The summed E-state index contributed by atoms with van der Waals surface area (Å²) in [5, 5.41) is 2.87. The number of hydrogen-bond acceptors (Lipinski definition) is 4. The molecular weight excluding hydrogens is 280 g/mol. The first kappa shape index (κ1) is 17.2. The van der Waals surface area contributed by atoms with E-state index >= 15 is 0 Å². The van der Waals surface area contributed by atoms with Crippen LogP contribution in [-0.4, -0.2) is 30.4 Å². The minimum atomic E-state index is -0.958. The van der Waals surface area contributed by atoms with Crippen LogP contribution in [0, 0.1) is 11.6 Å². The van der Waals surface area contributed by atoms with Crippen LogP contribution in [0.5, 0.6) is 0 Å². The Morgan fingerprint density at radius 2 is 1.95 bits per heavy atom. The van der Waals surface area contributed by atoms with E-state index in [0.29, 0.717) is 0 Å². The molecule has 6 heteroatoms. The number of Topliss-reactive ketones (excluding diaryl/α,β-unsaturated/α-hetero) is 1. The highest BCUT2D eigenvalue weighted by Crippen LogP contribution is 2.14. The molecule has 0 aliphatic carbocycles. The summed E-state index contributed by atoms with van der Waals surface area (Å²) in [6.45, 7) is 5.41. The van der Waals surface area contributed by atoms with Gasteiger partial charge in [-0.15, -0.1) is 0 Å². The Kier molecular flexibility index (Phi) is 6.42. The predicted octanol–water partition coefficient (Wildman–Crippen LogP) is 2.47. The van der Waals surface area contributed by atoms with Gasteiger partial charge >= 0.3 is 5.97 Å². The van der Waals surface area contributed by atoms with Crippen LogP contribution in [0.15, 0.2) is 18.2 Å². The Morgan fingerprint density at radius 1 is 1.29 bits per heavy atom. The summed E-state index contributed by atoms with van der Waals surface area (Å²) in [7, 11) is 0. The molecular formula is C15H19F2NO3. The van der Waals surface area contributed by atoms with E-state index in [9.17, 15) is 18.4 Å². The highest BCUT2D eigenvalue weighted by atomic mass is 19.1. The van der Waals surface area contributed by atoms with Crippen LogP contribution in [0.4, 0.5) is 8.78 Å². The van der Waals surface area contributed by atoms with Crippen molar-refractivity contribution in [3.8, 4) is 0 Å². The zero-order valence-electron chi connectivity index (χ0n) is 12.3. The Bertz CT molecular complexity index is 518. The van der Waals surface area contributed by atoms with Crippen molar-refractivity contribution in [2.45, 2.75) is 39.3 Å². The molecule has 1 rings (SSSR count). The maximum absolute atomic E-state index is 13.7. The van der Waals surface area contributed by atoms with Crippen LogP contribution in [0.3, 0.4) is 0 Å². The van der Waals surface area contributed by atoms with E-state index in [0.717, 1.165) is 18.2 Å². The van der Waals surface area contributed by atoms with Gasteiger partial charge in [0.25, 0.3) is 0 Å². The summed E-state index contributed by atoms with van der Waals surface area (Å²) >= 11 is 0. The number of nitrogens with one attached hydrogen (secondary N) is 1. The molecule has 0 amide bonds. The lowest BCUT2D eigenvalue weighted by Crippen LogP contribution is -2.43. The smallest absolute Gasteiger partial charge is 0.307 e. The third-order valence-electron chi connectivity index (χ3n) is 2.72. The van der Waals surface area contributed by atoms with E-state index in [-0.39, 0.29) is 24.6 Å². The zero-order valence-corrected chi connectivity index (χ0v) is 12.3. The van der Waals surface area contributed by atoms with E-state index < -0.39 is 29.4 Å².